The molecular formula is C20H20ClN5O3S. The number of amides is 1. The predicted molar refractivity (Wildman–Crippen MR) is 116 cm³/mol. The lowest BCUT2D eigenvalue weighted by Crippen LogP contribution is -2.41. The lowest BCUT2D eigenvalue weighted by Gasteiger charge is -2.33. The van der Waals surface area contributed by atoms with E-state index in [9.17, 15) is 4.79 Å². The fourth-order valence-electron chi connectivity index (χ4n) is 3.24. The van der Waals surface area contributed by atoms with Crippen molar-refractivity contribution in [3.63, 3.8) is 0 Å². The molecule has 1 aliphatic rings. The molecule has 30 heavy (non-hydrogen) atoms. The Morgan fingerprint density at radius 2 is 1.93 bits per heavy atom. The van der Waals surface area contributed by atoms with Gasteiger partial charge in [0.25, 0.3) is 0 Å². The largest absolute Gasteiger partial charge is 0.495 e. The Balaban J connectivity index is 1.69. The van der Waals surface area contributed by atoms with Crippen molar-refractivity contribution in [3.8, 4) is 11.5 Å². The first-order valence-corrected chi connectivity index (χ1v) is 10.4. The van der Waals surface area contributed by atoms with Crippen LogP contribution < -0.4 is 20.2 Å². The van der Waals surface area contributed by atoms with Crippen molar-refractivity contribution in [3.05, 3.63) is 58.9 Å². The number of methoxy groups -OCH3 is 2. The van der Waals surface area contributed by atoms with Gasteiger partial charge in [-0.15, -0.1) is 10.2 Å². The first-order valence-electron chi connectivity index (χ1n) is 9.14. The van der Waals surface area contributed by atoms with Crippen LogP contribution in [0.3, 0.4) is 0 Å². The molecule has 1 aromatic heterocycles. The monoisotopic (exact) mass is 445 g/mol. The van der Waals surface area contributed by atoms with E-state index in [4.69, 9.17) is 21.1 Å². The van der Waals surface area contributed by atoms with Gasteiger partial charge in [0.15, 0.2) is 0 Å². The molecule has 0 bridgehead atoms. The van der Waals surface area contributed by atoms with Crippen molar-refractivity contribution >= 4 is 35.0 Å². The molecule has 0 saturated heterocycles. The van der Waals surface area contributed by atoms with Crippen molar-refractivity contribution in [2.45, 2.75) is 23.4 Å². The summed E-state index contributed by atoms with van der Waals surface area (Å²) < 4.78 is 12.4. The van der Waals surface area contributed by atoms with Crippen LogP contribution in [0.15, 0.2) is 47.6 Å². The highest BCUT2D eigenvalue weighted by Crippen LogP contribution is 2.39. The number of nitrogens with one attached hydrogen (secondary N) is 2. The van der Waals surface area contributed by atoms with E-state index in [-0.39, 0.29) is 11.9 Å². The Hall–Kier alpha value is -2.91. The summed E-state index contributed by atoms with van der Waals surface area (Å²) in [7, 11) is 3.13. The summed E-state index contributed by atoms with van der Waals surface area (Å²) in [4.78, 5) is 13.3. The number of para-hydroxylation sites is 2. The number of anilines is 1. The van der Waals surface area contributed by atoms with Crippen LogP contribution in [0.5, 0.6) is 11.5 Å². The van der Waals surface area contributed by atoms with Gasteiger partial charge in [0.2, 0.25) is 11.1 Å². The first-order chi connectivity index (χ1) is 14.5. The summed E-state index contributed by atoms with van der Waals surface area (Å²) in [5, 5.41) is 11.8. The number of fused-ring (bicyclic) bond motifs is 1. The number of hydrogen-bond donors (Lipinski definition) is 2. The van der Waals surface area contributed by atoms with Gasteiger partial charge in [0.05, 0.1) is 31.0 Å². The molecule has 0 radical (unpaired) electrons. The number of hydrogen-bond acceptors (Lipinski definition) is 7. The van der Waals surface area contributed by atoms with E-state index in [0.717, 1.165) is 5.56 Å². The summed E-state index contributed by atoms with van der Waals surface area (Å²) in [6, 6.07) is 12.4. The number of carbonyl (C=O) groups excluding carboxylic acids is 1. The number of carbonyl (C=O) groups is 1. The predicted octanol–water partition coefficient (Wildman–Crippen LogP) is 3.65. The molecule has 8 nitrogen and oxygen atoms in total. The molecular weight excluding hydrogens is 426 g/mol. The van der Waals surface area contributed by atoms with Crippen molar-refractivity contribution < 1.29 is 14.3 Å². The maximum Gasteiger partial charge on any atom is 0.240 e. The zero-order valence-corrected chi connectivity index (χ0v) is 18.1. The fourth-order valence-corrected chi connectivity index (χ4v) is 4.63. The second kappa shape index (κ2) is 8.45. The van der Waals surface area contributed by atoms with E-state index in [2.05, 4.69) is 20.9 Å². The van der Waals surface area contributed by atoms with Crippen LogP contribution in [-0.2, 0) is 4.79 Å². The topological polar surface area (TPSA) is 90.3 Å². The number of halogens is 1. The molecule has 1 aliphatic heterocycles. The minimum atomic E-state index is -0.532. The van der Waals surface area contributed by atoms with Gasteiger partial charge in [-0.1, -0.05) is 41.6 Å². The zero-order valence-electron chi connectivity index (χ0n) is 16.5. The number of ether oxygens (including phenoxy) is 2. The van der Waals surface area contributed by atoms with Crippen molar-refractivity contribution in [2.75, 3.05) is 25.0 Å². The molecule has 0 saturated carbocycles. The quantitative estimate of drug-likeness (QED) is 0.619. The summed E-state index contributed by atoms with van der Waals surface area (Å²) in [5.41, 5.74) is 4.79. The van der Waals surface area contributed by atoms with Gasteiger partial charge in [-0.2, -0.15) is 0 Å². The number of aromatic nitrogens is 3. The molecule has 156 valence electrons. The lowest BCUT2D eigenvalue weighted by atomic mass is 10.0. The molecule has 2 atom stereocenters. The van der Waals surface area contributed by atoms with Gasteiger partial charge < -0.3 is 20.2 Å². The number of nitrogens with zero attached hydrogens (tertiary/aromatic N) is 3. The van der Waals surface area contributed by atoms with E-state index >= 15 is 0 Å². The Bertz CT molecular complexity index is 1090. The second-order valence-corrected chi connectivity index (χ2v) is 8.11. The van der Waals surface area contributed by atoms with Crippen LogP contribution in [0, 0.1) is 6.92 Å². The third-order valence-corrected chi connectivity index (χ3v) is 6.27. The van der Waals surface area contributed by atoms with Crippen molar-refractivity contribution in [1.82, 2.24) is 14.9 Å². The van der Waals surface area contributed by atoms with Gasteiger partial charge in [0, 0.05) is 0 Å². The summed E-state index contributed by atoms with van der Waals surface area (Å²) in [5.74, 6) is 1.66. The van der Waals surface area contributed by atoms with E-state index < -0.39 is 5.25 Å². The van der Waals surface area contributed by atoms with Crippen molar-refractivity contribution in [2.24, 2.45) is 0 Å². The molecule has 0 aliphatic carbocycles. The number of aryl methyl sites for hydroxylation is 1. The molecule has 0 unspecified atom stereocenters. The first kappa shape index (κ1) is 20.4. The third kappa shape index (κ3) is 3.78. The smallest absolute Gasteiger partial charge is 0.240 e. The van der Waals surface area contributed by atoms with Crippen LogP contribution in [-0.4, -0.2) is 40.3 Å². The van der Waals surface area contributed by atoms with Crippen LogP contribution in [0.2, 0.25) is 5.02 Å². The summed E-state index contributed by atoms with van der Waals surface area (Å²) >= 11 is 7.68. The van der Waals surface area contributed by atoms with Gasteiger partial charge in [-0.3, -0.25) is 4.79 Å². The maximum absolute atomic E-state index is 13.3. The minimum absolute atomic E-state index is 0.194. The van der Waals surface area contributed by atoms with Crippen molar-refractivity contribution in [1.29, 1.82) is 0 Å². The third-order valence-electron chi connectivity index (χ3n) is 4.76. The molecule has 2 heterocycles. The average Bonchev–Trinajstić information content (AvgIpc) is 3.13. The van der Waals surface area contributed by atoms with E-state index in [1.807, 2.05) is 25.1 Å². The molecule has 2 aromatic carbocycles. The zero-order chi connectivity index (χ0) is 21.3. The van der Waals surface area contributed by atoms with Gasteiger partial charge in [0.1, 0.15) is 22.6 Å². The molecule has 3 aromatic rings. The normalized spacial score (nSPS) is 17.6. The summed E-state index contributed by atoms with van der Waals surface area (Å²) in [6.07, 6.45) is 0. The Kier molecular flexibility index (Phi) is 5.74. The highest BCUT2D eigenvalue weighted by molar-refractivity contribution is 8.00. The SMILES string of the molecule is COc1ccc([C@@H]2Nn3c(C)nnc3S[C@@H]2C(=O)Nc2ccccc2OC)cc1Cl. The van der Waals surface area contributed by atoms with Crippen LogP contribution >= 0.6 is 23.4 Å². The van der Waals surface area contributed by atoms with Gasteiger partial charge in [-0.05, 0) is 36.8 Å². The molecule has 10 heteroatoms. The van der Waals surface area contributed by atoms with E-state index in [1.54, 1.807) is 43.2 Å². The average molecular weight is 446 g/mol. The highest BCUT2D eigenvalue weighted by Gasteiger charge is 2.38. The van der Waals surface area contributed by atoms with E-state index in [1.165, 1.54) is 11.8 Å². The Morgan fingerprint density at radius 1 is 1.17 bits per heavy atom. The molecule has 2 N–H and O–H groups in total. The molecule has 0 spiro atoms. The number of thioether (sulfide) groups is 1. The second-order valence-electron chi connectivity index (χ2n) is 6.59. The molecule has 1 amide bonds. The standard InChI is InChI=1S/C20H20ClN5O3S/c1-11-23-24-20-26(11)25-17(12-8-9-15(28-2)13(21)10-12)18(30-20)19(27)22-14-6-4-5-7-16(14)29-3/h4-10,17-18,25H,1-3H3,(H,22,27)/t17-,18-/m0/s1. The Labute approximate surface area is 182 Å². The number of benzene rings is 2. The minimum Gasteiger partial charge on any atom is -0.495 e. The lowest BCUT2D eigenvalue weighted by molar-refractivity contribution is -0.116. The molecule has 4 rings (SSSR count). The van der Waals surface area contributed by atoms with E-state index in [0.29, 0.717) is 33.2 Å². The van der Waals surface area contributed by atoms with Crippen LogP contribution in [0.25, 0.3) is 0 Å². The molecule has 0 fully saturated rings. The summed E-state index contributed by atoms with van der Waals surface area (Å²) in [6.45, 7) is 1.84. The fraction of sp³-hybridized carbons (Fsp3) is 0.250. The number of rotatable bonds is 5. The van der Waals surface area contributed by atoms with Gasteiger partial charge in [-0.25, -0.2) is 4.68 Å². The Morgan fingerprint density at radius 3 is 2.67 bits per heavy atom. The van der Waals surface area contributed by atoms with Crippen LogP contribution in [0.4, 0.5) is 5.69 Å². The maximum atomic E-state index is 13.3. The van der Waals surface area contributed by atoms with Gasteiger partial charge >= 0.3 is 0 Å². The highest BCUT2D eigenvalue weighted by atomic mass is 35.5. The van der Waals surface area contributed by atoms with Crippen LogP contribution in [0.1, 0.15) is 17.4 Å².